The summed E-state index contributed by atoms with van der Waals surface area (Å²) in [6.45, 7) is -0.617. The SMILES string of the molecule is O=C(OCc1ccccc1)[C@@H]1ON(Cc2ccccc2)[C@H](c2ccccc2)[C@H]1S(F)(F)(F)(F)F. The number of hydrogen-bond acceptors (Lipinski definition) is 4. The van der Waals surface area contributed by atoms with Gasteiger partial charge in [-0.25, -0.2) is 4.79 Å². The number of benzene rings is 3. The molecule has 0 bridgehead atoms. The van der Waals surface area contributed by atoms with Crippen molar-refractivity contribution < 1.29 is 33.8 Å². The zero-order valence-corrected chi connectivity index (χ0v) is 18.6. The predicted molar refractivity (Wildman–Crippen MR) is 119 cm³/mol. The minimum atomic E-state index is -10.3. The van der Waals surface area contributed by atoms with E-state index in [1.807, 2.05) is 0 Å². The molecule has 4 rings (SSSR count). The molecule has 3 aromatic carbocycles. The van der Waals surface area contributed by atoms with E-state index in [0.717, 1.165) is 5.06 Å². The number of esters is 1. The molecule has 3 aromatic rings. The summed E-state index contributed by atoms with van der Waals surface area (Å²) < 4.78 is 77.1. The van der Waals surface area contributed by atoms with Crippen LogP contribution in [-0.2, 0) is 27.5 Å². The van der Waals surface area contributed by atoms with E-state index < -0.39 is 33.6 Å². The third kappa shape index (κ3) is 5.57. The van der Waals surface area contributed by atoms with Crippen molar-refractivity contribution in [2.24, 2.45) is 0 Å². The molecule has 0 N–H and O–H groups in total. The molecule has 0 aromatic heterocycles. The summed E-state index contributed by atoms with van der Waals surface area (Å²) >= 11 is 0. The number of carbonyl (C=O) groups is 1. The first kappa shape index (κ1) is 24.2. The third-order valence-corrected chi connectivity index (χ3v) is 7.00. The van der Waals surface area contributed by atoms with Gasteiger partial charge in [-0.1, -0.05) is 110 Å². The van der Waals surface area contributed by atoms with Crippen LogP contribution >= 0.6 is 10.2 Å². The Kier molecular flexibility index (Phi) is 5.95. The van der Waals surface area contributed by atoms with Crippen LogP contribution in [0.1, 0.15) is 22.7 Å². The van der Waals surface area contributed by atoms with Crippen molar-refractivity contribution in [3.05, 3.63) is 108 Å². The van der Waals surface area contributed by atoms with Crippen molar-refractivity contribution in [1.29, 1.82) is 0 Å². The van der Waals surface area contributed by atoms with Gasteiger partial charge in [-0.05, 0) is 16.7 Å². The third-order valence-electron chi connectivity index (χ3n) is 5.46. The summed E-state index contributed by atoms with van der Waals surface area (Å²) in [5, 5.41) is -2.59. The van der Waals surface area contributed by atoms with E-state index in [1.165, 1.54) is 24.3 Å². The van der Waals surface area contributed by atoms with Crippen LogP contribution in [-0.4, -0.2) is 22.4 Å². The normalized spacial score (nSPS) is 23.1. The van der Waals surface area contributed by atoms with Crippen LogP contribution in [0.3, 0.4) is 0 Å². The highest BCUT2D eigenvalue weighted by molar-refractivity contribution is 8.46. The number of carbonyl (C=O) groups excluding carboxylic acids is 1. The Morgan fingerprint density at radius 3 is 1.82 bits per heavy atom. The molecule has 4 nitrogen and oxygen atoms in total. The standard InChI is InChI=1S/C24H22F5NO3S/c25-34(26,27,28,29)23-21(20-14-8-3-9-15-20)30(16-18-10-4-1-5-11-18)33-22(23)24(31)32-17-19-12-6-2-7-13-19/h1-15,21-23H,16-17H2/t21-,22-,23-/m1/s1. The van der Waals surface area contributed by atoms with Crippen LogP contribution in [0.2, 0.25) is 0 Å². The van der Waals surface area contributed by atoms with Gasteiger partial charge in [0.05, 0.1) is 6.04 Å². The molecule has 1 fully saturated rings. The van der Waals surface area contributed by atoms with Crippen molar-refractivity contribution in [2.75, 3.05) is 0 Å². The Bertz CT molecular complexity index is 1130. The van der Waals surface area contributed by atoms with Crippen LogP contribution in [0.25, 0.3) is 0 Å². The summed E-state index contributed by atoms with van der Waals surface area (Å²) in [4.78, 5) is 18.1. The van der Waals surface area contributed by atoms with E-state index in [9.17, 15) is 24.2 Å². The molecule has 0 saturated carbocycles. The zero-order valence-electron chi connectivity index (χ0n) is 17.8. The summed E-state index contributed by atoms with van der Waals surface area (Å²) in [5.41, 5.74) is 0.983. The highest BCUT2D eigenvalue weighted by atomic mass is 32.5. The maximum absolute atomic E-state index is 14.4. The van der Waals surface area contributed by atoms with Gasteiger partial charge in [0.2, 0.25) is 0 Å². The summed E-state index contributed by atoms with van der Waals surface area (Å²) in [6.07, 6.45) is -2.56. The molecule has 182 valence electrons. The van der Waals surface area contributed by atoms with Gasteiger partial charge in [0.15, 0.2) is 11.4 Å². The first-order valence-corrected chi connectivity index (χ1v) is 12.4. The van der Waals surface area contributed by atoms with Crippen molar-refractivity contribution in [2.45, 2.75) is 30.5 Å². The van der Waals surface area contributed by atoms with Gasteiger partial charge in [-0.2, -0.15) is 5.06 Å². The van der Waals surface area contributed by atoms with Crippen LogP contribution < -0.4 is 0 Å². The monoisotopic (exact) mass is 499 g/mol. The van der Waals surface area contributed by atoms with Crippen LogP contribution in [0, 0.1) is 0 Å². The fourth-order valence-corrected chi connectivity index (χ4v) is 5.38. The molecule has 1 aliphatic heterocycles. The molecule has 1 heterocycles. The van der Waals surface area contributed by atoms with E-state index in [1.54, 1.807) is 66.7 Å². The highest BCUT2D eigenvalue weighted by Crippen LogP contribution is 3.02. The number of nitrogens with zero attached hydrogens (tertiary/aromatic N) is 1. The molecule has 0 amide bonds. The second-order valence-electron chi connectivity index (χ2n) is 8.03. The maximum Gasteiger partial charge on any atom is 0.339 e. The quantitative estimate of drug-likeness (QED) is 0.260. The first-order chi connectivity index (χ1) is 15.9. The van der Waals surface area contributed by atoms with Crippen molar-refractivity contribution in [1.82, 2.24) is 5.06 Å². The fourth-order valence-electron chi connectivity index (χ4n) is 3.97. The minimum absolute atomic E-state index is 0.0463. The predicted octanol–water partition coefficient (Wildman–Crippen LogP) is 6.95. The van der Waals surface area contributed by atoms with Crippen LogP contribution in [0.5, 0.6) is 0 Å². The molecule has 0 unspecified atom stereocenters. The largest absolute Gasteiger partial charge is 0.459 e. The lowest BCUT2D eigenvalue weighted by atomic mass is 10.0. The van der Waals surface area contributed by atoms with Crippen molar-refractivity contribution >= 4 is 16.2 Å². The molecule has 0 aliphatic carbocycles. The van der Waals surface area contributed by atoms with Gasteiger partial charge in [-0.3, -0.25) is 4.84 Å². The van der Waals surface area contributed by atoms with Gasteiger partial charge in [0, 0.05) is 6.54 Å². The number of hydroxylamine groups is 2. The molecule has 34 heavy (non-hydrogen) atoms. The van der Waals surface area contributed by atoms with Gasteiger partial charge < -0.3 is 4.74 Å². The summed E-state index contributed by atoms with van der Waals surface area (Å²) in [5.74, 6) is -1.50. The molecule has 0 radical (unpaired) electrons. The smallest absolute Gasteiger partial charge is 0.339 e. The highest BCUT2D eigenvalue weighted by Gasteiger charge is 2.78. The molecule has 0 spiro atoms. The van der Waals surface area contributed by atoms with Gasteiger partial charge in [0.1, 0.15) is 6.61 Å². The van der Waals surface area contributed by atoms with E-state index in [0.29, 0.717) is 11.1 Å². The molecule has 1 saturated heterocycles. The number of ether oxygens (including phenoxy) is 1. The molecular formula is C24H22F5NO3S. The minimum Gasteiger partial charge on any atom is -0.459 e. The van der Waals surface area contributed by atoms with Crippen LogP contribution in [0.15, 0.2) is 91.0 Å². The number of rotatable bonds is 7. The van der Waals surface area contributed by atoms with Gasteiger partial charge >= 0.3 is 5.97 Å². The lowest BCUT2D eigenvalue weighted by molar-refractivity contribution is -0.194. The molecule has 1 aliphatic rings. The Morgan fingerprint density at radius 2 is 1.29 bits per heavy atom. The number of hydrogen-bond donors (Lipinski definition) is 0. The Morgan fingerprint density at radius 1 is 0.794 bits per heavy atom. The Hall–Kier alpha value is -2.95. The molecular weight excluding hydrogens is 477 g/mol. The Balaban J connectivity index is 1.72. The summed E-state index contributed by atoms with van der Waals surface area (Å²) in [7, 11) is -10.3. The summed E-state index contributed by atoms with van der Waals surface area (Å²) in [6, 6.07) is 21.6. The van der Waals surface area contributed by atoms with Crippen LogP contribution in [0.4, 0.5) is 19.4 Å². The number of halogens is 5. The second-order valence-corrected chi connectivity index (χ2v) is 10.6. The topological polar surface area (TPSA) is 38.8 Å². The lowest BCUT2D eigenvalue weighted by Gasteiger charge is -2.48. The van der Waals surface area contributed by atoms with E-state index in [4.69, 9.17) is 9.57 Å². The van der Waals surface area contributed by atoms with E-state index in [2.05, 4.69) is 0 Å². The molecule has 3 atom stereocenters. The van der Waals surface area contributed by atoms with Crippen molar-refractivity contribution in [3.63, 3.8) is 0 Å². The van der Waals surface area contributed by atoms with Gasteiger partial charge in [-0.15, -0.1) is 0 Å². The fraction of sp³-hybridized carbons (Fsp3) is 0.208. The van der Waals surface area contributed by atoms with Crippen molar-refractivity contribution in [3.8, 4) is 0 Å². The van der Waals surface area contributed by atoms with E-state index >= 15 is 0 Å². The Labute approximate surface area is 193 Å². The van der Waals surface area contributed by atoms with Gasteiger partial charge in [0.25, 0.3) is 10.2 Å². The second kappa shape index (κ2) is 8.37. The maximum atomic E-state index is 14.4. The lowest BCUT2D eigenvalue weighted by Crippen LogP contribution is -2.42. The first-order valence-electron chi connectivity index (χ1n) is 10.4. The molecule has 10 heteroatoms. The van der Waals surface area contributed by atoms with E-state index in [-0.39, 0.29) is 18.7 Å². The zero-order chi connectivity index (χ0) is 24.5. The average Bonchev–Trinajstić information content (AvgIpc) is 3.19. The average molecular weight is 500 g/mol.